The largest absolute Gasteiger partial charge is 0.339 e. The van der Waals surface area contributed by atoms with Gasteiger partial charge >= 0.3 is 0 Å². The molecule has 0 aliphatic heterocycles. The van der Waals surface area contributed by atoms with Crippen molar-refractivity contribution in [2.24, 2.45) is 0 Å². The summed E-state index contributed by atoms with van der Waals surface area (Å²) in [7, 11) is 0. The van der Waals surface area contributed by atoms with Gasteiger partial charge in [-0.25, -0.2) is 9.97 Å². The van der Waals surface area contributed by atoms with Crippen LogP contribution in [0.25, 0.3) is 0 Å². The van der Waals surface area contributed by atoms with Crippen LogP contribution in [-0.4, -0.2) is 21.7 Å². The molecule has 2 aromatic carbocycles. The molecule has 28 heavy (non-hydrogen) atoms. The van der Waals surface area contributed by atoms with Crippen molar-refractivity contribution in [1.82, 2.24) is 9.97 Å². The van der Waals surface area contributed by atoms with Gasteiger partial charge in [0.1, 0.15) is 11.5 Å². The molecule has 3 aromatic rings. The summed E-state index contributed by atoms with van der Waals surface area (Å²) >= 11 is 0. The number of ketones is 1. The number of rotatable bonds is 6. The second-order valence-corrected chi connectivity index (χ2v) is 6.47. The van der Waals surface area contributed by atoms with E-state index in [9.17, 15) is 9.59 Å². The van der Waals surface area contributed by atoms with Crippen LogP contribution in [0.5, 0.6) is 0 Å². The fourth-order valence-electron chi connectivity index (χ4n) is 2.85. The van der Waals surface area contributed by atoms with Crippen molar-refractivity contribution in [2.75, 3.05) is 10.6 Å². The molecule has 0 aliphatic rings. The highest BCUT2D eigenvalue weighted by atomic mass is 16.2. The van der Waals surface area contributed by atoms with E-state index in [1.54, 1.807) is 18.2 Å². The number of aromatic nitrogens is 2. The minimum absolute atomic E-state index is 0.00981. The average Bonchev–Trinajstić information content (AvgIpc) is 2.70. The molecule has 6 nitrogen and oxygen atoms in total. The highest BCUT2D eigenvalue weighted by Crippen LogP contribution is 2.22. The van der Waals surface area contributed by atoms with Crippen LogP contribution in [0.15, 0.2) is 54.9 Å². The first-order valence-electron chi connectivity index (χ1n) is 9.08. The second kappa shape index (κ2) is 8.43. The molecule has 0 bridgehead atoms. The maximum absolute atomic E-state index is 12.6. The first kappa shape index (κ1) is 19.2. The van der Waals surface area contributed by atoms with E-state index < -0.39 is 0 Å². The van der Waals surface area contributed by atoms with Crippen LogP contribution in [0.3, 0.4) is 0 Å². The predicted octanol–water partition coefficient (Wildman–Crippen LogP) is 4.55. The molecule has 142 valence electrons. The minimum atomic E-state index is -0.304. The van der Waals surface area contributed by atoms with Gasteiger partial charge in [0.05, 0.1) is 12.4 Å². The van der Waals surface area contributed by atoms with Crippen LogP contribution in [-0.2, 0) is 6.42 Å². The lowest BCUT2D eigenvalue weighted by Crippen LogP contribution is -2.16. The minimum Gasteiger partial charge on any atom is -0.339 e. The number of aryl methyl sites for hydroxylation is 2. The van der Waals surface area contributed by atoms with E-state index in [2.05, 4.69) is 20.6 Å². The molecule has 3 rings (SSSR count). The Kier molecular flexibility index (Phi) is 5.79. The van der Waals surface area contributed by atoms with Crippen LogP contribution < -0.4 is 10.6 Å². The van der Waals surface area contributed by atoms with Gasteiger partial charge in [0.2, 0.25) is 0 Å². The van der Waals surface area contributed by atoms with E-state index in [1.807, 2.05) is 38.1 Å². The Morgan fingerprint density at radius 2 is 1.82 bits per heavy atom. The number of Topliss-reactive ketones (excluding diaryl/α,β-unsaturated/α-hetero) is 1. The molecule has 0 aliphatic carbocycles. The van der Waals surface area contributed by atoms with Gasteiger partial charge in [0.25, 0.3) is 5.91 Å². The van der Waals surface area contributed by atoms with Crippen molar-refractivity contribution < 1.29 is 9.59 Å². The number of hydrogen-bond acceptors (Lipinski definition) is 5. The molecular weight excluding hydrogens is 352 g/mol. The zero-order valence-corrected chi connectivity index (χ0v) is 16.1. The van der Waals surface area contributed by atoms with Crippen molar-refractivity contribution in [3.8, 4) is 0 Å². The van der Waals surface area contributed by atoms with Crippen LogP contribution >= 0.6 is 0 Å². The first-order chi connectivity index (χ1) is 13.5. The van der Waals surface area contributed by atoms with Crippen molar-refractivity contribution in [3.05, 3.63) is 77.2 Å². The third-order valence-corrected chi connectivity index (χ3v) is 4.40. The molecule has 6 heteroatoms. The fourth-order valence-corrected chi connectivity index (χ4v) is 2.85. The van der Waals surface area contributed by atoms with Crippen LogP contribution in [0.2, 0.25) is 0 Å². The van der Waals surface area contributed by atoms with Crippen molar-refractivity contribution in [2.45, 2.75) is 27.2 Å². The Labute approximate surface area is 164 Å². The predicted molar refractivity (Wildman–Crippen MR) is 110 cm³/mol. The van der Waals surface area contributed by atoms with E-state index in [1.165, 1.54) is 19.3 Å². The Morgan fingerprint density at radius 1 is 1.04 bits per heavy atom. The Hall–Kier alpha value is -3.54. The van der Waals surface area contributed by atoms with Gasteiger partial charge in [-0.05, 0) is 43.5 Å². The smallest absolute Gasteiger partial charge is 0.275 e. The van der Waals surface area contributed by atoms with Gasteiger partial charge in [-0.15, -0.1) is 0 Å². The first-order valence-corrected chi connectivity index (χ1v) is 9.08. The second-order valence-electron chi connectivity index (χ2n) is 6.47. The van der Waals surface area contributed by atoms with Gasteiger partial charge in [0.15, 0.2) is 5.78 Å². The molecular formula is C22H22N4O2. The summed E-state index contributed by atoms with van der Waals surface area (Å²) in [5, 5.41) is 6.02. The lowest BCUT2D eigenvalue weighted by atomic mass is 10.1. The van der Waals surface area contributed by atoms with Gasteiger partial charge in [-0.1, -0.05) is 37.3 Å². The zero-order chi connectivity index (χ0) is 20.1. The van der Waals surface area contributed by atoms with Crippen molar-refractivity contribution in [3.63, 3.8) is 0 Å². The SMILES string of the molecule is CCc1cccc(C)c1NC(=O)c1cnc(Nc2cccc(C(C)=O)c2)cn1. The molecule has 0 unspecified atom stereocenters. The number of anilines is 3. The van der Waals surface area contributed by atoms with E-state index in [4.69, 9.17) is 0 Å². The molecule has 0 atom stereocenters. The topological polar surface area (TPSA) is 84.0 Å². The molecule has 2 N–H and O–H groups in total. The summed E-state index contributed by atoms with van der Waals surface area (Å²) in [6.45, 7) is 5.53. The highest BCUT2D eigenvalue weighted by Gasteiger charge is 2.12. The summed E-state index contributed by atoms with van der Waals surface area (Å²) in [5.41, 5.74) is 4.47. The molecule has 0 saturated heterocycles. The summed E-state index contributed by atoms with van der Waals surface area (Å²) in [6.07, 6.45) is 3.75. The van der Waals surface area contributed by atoms with Crippen molar-refractivity contribution >= 4 is 28.9 Å². The van der Waals surface area contributed by atoms with Gasteiger partial charge in [0, 0.05) is 16.9 Å². The number of hydrogen-bond donors (Lipinski definition) is 2. The standard InChI is InChI=1S/C22H22N4O2/c1-4-16-8-5-7-14(2)21(16)26-22(28)19-12-24-20(13-23-19)25-18-10-6-9-17(11-18)15(3)27/h5-13H,4H2,1-3H3,(H,24,25)(H,26,28). The maximum Gasteiger partial charge on any atom is 0.275 e. The lowest BCUT2D eigenvalue weighted by molar-refractivity contribution is 0.101. The summed E-state index contributed by atoms with van der Waals surface area (Å²) in [5.74, 6) is 0.174. The number of benzene rings is 2. The molecule has 0 saturated carbocycles. The molecule has 0 spiro atoms. The third-order valence-electron chi connectivity index (χ3n) is 4.40. The number of nitrogens with one attached hydrogen (secondary N) is 2. The third kappa shape index (κ3) is 4.40. The molecule has 0 radical (unpaired) electrons. The van der Waals surface area contributed by atoms with E-state index >= 15 is 0 Å². The van der Waals surface area contributed by atoms with Crippen molar-refractivity contribution in [1.29, 1.82) is 0 Å². The summed E-state index contributed by atoms with van der Waals surface area (Å²) in [6, 6.07) is 13.1. The molecule has 1 aromatic heterocycles. The lowest BCUT2D eigenvalue weighted by Gasteiger charge is -2.12. The molecule has 0 fully saturated rings. The van der Waals surface area contributed by atoms with Crippen LogP contribution in [0.4, 0.5) is 17.2 Å². The maximum atomic E-state index is 12.6. The number of carbonyl (C=O) groups is 2. The average molecular weight is 374 g/mol. The van der Waals surface area contributed by atoms with Crippen LogP contribution in [0, 0.1) is 6.92 Å². The molecule has 1 heterocycles. The van der Waals surface area contributed by atoms with E-state index in [-0.39, 0.29) is 17.4 Å². The van der Waals surface area contributed by atoms with Gasteiger partial charge < -0.3 is 10.6 Å². The van der Waals surface area contributed by atoms with Gasteiger partial charge in [-0.3, -0.25) is 9.59 Å². The van der Waals surface area contributed by atoms with Crippen LogP contribution in [0.1, 0.15) is 45.8 Å². The van der Waals surface area contributed by atoms with E-state index in [0.717, 1.165) is 28.9 Å². The molecule has 1 amide bonds. The zero-order valence-electron chi connectivity index (χ0n) is 16.1. The monoisotopic (exact) mass is 374 g/mol. The number of amides is 1. The fraction of sp³-hybridized carbons (Fsp3) is 0.182. The number of nitrogens with zero attached hydrogens (tertiary/aromatic N) is 2. The Balaban J connectivity index is 1.73. The number of para-hydroxylation sites is 1. The van der Waals surface area contributed by atoms with Gasteiger partial charge in [-0.2, -0.15) is 0 Å². The normalized spacial score (nSPS) is 10.4. The summed E-state index contributed by atoms with van der Waals surface area (Å²) < 4.78 is 0. The highest BCUT2D eigenvalue weighted by molar-refractivity contribution is 6.03. The Bertz CT molecular complexity index is 1010. The Morgan fingerprint density at radius 3 is 2.50 bits per heavy atom. The number of carbonyl (C=O) groups excluding carboxylic acids is 2. The summed E-state index contributed by atoms with van der Waals surface area (Å²) in [4.78, 5) is 32.5. The van der Waals surface area contributed by atoms with E-state index in [0.29, 0.717) is 11.4 Å². The quantitative estimate of drug-likeness (QED) is 0.619.